The molecule has 0 heterocycles. The number of ether oxygens (including phenoxy) is 2. The van der Waals surface area contributed by atoms with Crippen LogP contribution in [0, 0.1) is 0 Å². The molecule has 0 bridgehead atoms. The second-order valence-corrected chi connectivity index (χ2v) is 5.03. The molecular formula is C18H23N3O2. The van der Waals surface area contributed by atoms with Crippen molar-refractivity contribution in [1.82, 2.24) is 0 Å². The topological polar surface area (TPSA) is 68.9 Å². The quantitative estimate of drug-likeness (QED) is 0.635. The fourth-order valence-electron chi connectivity index (χ4n) is 2.30. The number of aliphatic imine (C=N–C) groups is 1. The fraction of sp³-hybridized carbons (Fsp3) is 0.278. The first-order valence-electron chi connectivity index (χ1n) is 7.53. The summed E-state index contributed by atoms with van der Waals surface area (Å²) in [5, 5.41) is 3.11. The van der Waals surface area contributed by atoms with Gasteiger partial charge in [0.25, 0.3) is 0 Å². The molecule has 5 heteroatoms. The molecule has 5 nitrogen and oxygen atoms in total. The van der Waals surface area contributed by atoms with Crippen LogP contribution in [0.1, 0.15) is 18.1 Å². The molecule has 2 aromatic carbocycles. The predicted molar refractivity (Wildman–Crippen MR) is 94.3 cm³/mol. The fourth-order valence-corrected chi connectivity index (χ4v) is 2.30. The lowest BCUT2D eigenvalue weighted by Crippen LogP contribution is -2.22. The summed E-state index contributed by atoms with van der Waals surface area (Å²) in [5.41, 5.74) is 9.07. The minimum absolute atomic E-state index is 0.364. The number of anilines is 1. The number of nitrogens with two attached hydrogens (primary N) is 1. The number of rotatable bonds is 6. The van der Waals surface area contributed by atoms with E-state index in [2.05, 4.69) is 29.4 Å². The van der Waals surface area contributed by atoms with Gasteiger partial charge in [0, 0.05) is 11.3 Å². The Kier molecular flexibility index (Phi) is 5.86. The second-order valence-electron chi connectivity index (χ2n) is 5.03. The molecule has 0 unspecified atom stereocenters. The van der Waals surface area contributed by atoms with Crippen LogP contribution in [0.15, 0.2) is 47.5 Å². The first-order chi connectivity index (χ1) is 11.2. The van der Waals surface area contributed by atoms with Crippen LogP contribution in [-0.4, -0.2) is 20.2 Å². The molecule has 0 aromatic heterocycles. The molecule has 0 aliphatic carbocycles. The van der Waals surface area contributed by atoms with E-state index in [0.29, 0.717) is 24.0 Å². The Balaban J connectivity index is 2.10. The number of hydrogen-bond acceptors (Lipinski definition) is 3. The van der Waals surface area contributed by atoms with Crippen molar-refractivity contribution in [1.29, 1.82) is 0 Å². The minimum atomic E-state index is 0.364. The van der Waals surface area contributed by atoms with Crippen molar-refractivity contribution >= 4 is 11.6 Å². The van der Waals surface area contributed by atoms with Crippen molar-refractivity contribution in [3.63, 3.8) is 0 Å². The van der Waals surface area contributed by atoms with Gasteiger partial charge in [-0.3, -0.25) is 0 Å². The molecule has 0 saturated carbocycles. The Morgan fingerprint density at radius 3 is 2.61 bits per heavy atom. The molecule has 0 fully saturated rings. The maximum atomic E-state index is 5.97. The lowest BCUT2D eigenvalue weighted by Gasteiger charge is -2.11. The van der Waals surface area contributed by atoms with E-state index in [1.165, 1.54) is 5.56 Å². The molecule has 0 spiro atoms. The summed E-state index contributed by atoms with van der Waals surface area (Å²) in [6.07, 6.45) is 0.980. The highest BCUT2D eigenvalue weighted by Crippen LogP contribution is 2.31. The van der Waals surface area contributed by atoms with Gasteiger partial charge in [0.1, 0.15) is 0 Å². The number of benzene rings is 2. The van der Waals surface area contributed by atoms with Gasteiger partial charge in [-0.05, 0) is 30.2 Å². The molecule has 23 heavy (non-hydrogen) atoms. The second kappa shape index (κ2) is 8.08. The van der Waals surface area contributed by atoms with Crippen LogP contribution in [0.4, 0.5) is 5.69 Å². The summed E-state index contributed by atoms with van der Waals surface area (Å²) in [7, 11) is 3.23. The third kappa shape index (κ3) is 4.39. The van der Waals surface area contributed by atoms with Gasteiger partial charge in [-0.15, -0.1) is 0 Å². The average molecular weight is 313 g/mol. The Morgan fingerprint density at radius 1 is 1.13 bits per heavy atom. The summed E-state index contributed by atoms with van der Waals surface area (Å²) < 4.78 is 10.7. The maximum absolute atomic E-state index is 5.97. The van der Waals surface area contributed by atoms with E-state index in [1.807, 2.05) is 30.3 Å². The van der Waals surface area contributed by atoms with Crippen LogP contribution in [-0.2, 0) is 13.0 Å². The Labute approximate surface area is 137 Å². The standard InChI is InChI=1S/C18H23N3O2/c1-4-13-7-5-9-15(11-13)21-18(19)20-12-14-8-6-10-16(22-2)17(14)23-3/h5-11H,4,12H2,1-3H3,(H3,19,20,21). The smallest absolute Gasteiger partial charge is 0.193 e. The van der Waals surface area contributed by atoms with Crippen LogP contribution < -0.4 is 20.5 Å². The molecule has 0 aliphatic rings. The van der Waals surface area contributed by atoms with Gasteiger partial charge in [0.05, 0.1) is 20.8 Å². The number of nitrogens with zero attached hydrogens (tertiary/aromatic N) is 1. The zero-order valence-electron chi connectivity index (χ0n) is 13.8. The number of guanidine groups is 1. The summed E-state index contributed by atoms with van der Waals surface area (Å²) >= 11 is 0. The van der Waals surface area contributed by atoms with Gasteiger partial charge >= 0.3 is 0 Å². The van der Waals surface area contributed by atoms with Crippen molar-refractivity contribution in [3.8, 4) is 11.5 Å². The molecule has 0 amide bonds. The van der Waals surface area contributed by atoms with Gasteiger partial charge in [-0.25, -0.2) is 4.99 Å². The zero-order valence-corrected chi connectivity index (χ0v) is 13.8. The monoisotopic (exact) mass is 313 g/mol. The highest BCUT2D eigenvalue weighted by atomic mass is 16.5. The van der Waals surface area contributed by atoms with E-state index in [-0.39, 0.29) is 0 Å². The number of methoxy groups -OCH3 is 2. The lowest BCUT2D eigenvalue weighted by molar-refractivity contribution is 0.352. The van der Waals surface area contributed by atoms with Crippen LogP contribution >= 0.6 is 0 Å². The highest BCUT2D eigenvalue weighted by molar-refractivity contribution is 5.92. The van der Waals surface area contributed by atoms with E-state index in [4.69, 9.17) is 15.2 Å². The molecule has 0 saturated heterocycles. The molecule has 0 aliphatic heterocycles. The van der Waals surface area contributed by atoms with E-state index in [9.17, 15) is 0 Å². The molecule has 0 radical (unpaired) electrons. The van der Waals surface area contributed by atoms with Crippen LogP contribution in [0.5, 0.6) is 11.5 Å². The number of nitrogens with one attached hydrogen (secondary N) is 1. The normalized spacial score (nSPS) is 11.2. The molecule has 2 rings (SSSR count). The predicted octanol–water partition coefficient (Wildman–Crippen LogP) is 3.19. The van der Waals surface area contributed by atoms with E-state index < -0.39 is 0 Å². The zero-order chi connectivity index (χ0) is 16.7. The maximum Gasteiger partial charge on any atom is 0.193 e. The highest BCUT2D eigenvalue weighted by Gasteiger charge is 2.08. The summed E-state index contributed by atoms with van der Waals surface area (Å²) in [4.78, 5) is 4.38. The van der Waals surface area contributed by atoms with Crippen LogP contribution in [0.25, 0.3) is 0 Å². The number of para-hydroxylation sites is 1. The summed E-state index contributed by atoms with van der Waals surface area (Å²) in [6, 6.07) is 13.8. The van der Waals surface area contributed by atoms with Crippen molar-refractivity contribution in [2.75, 3.05) is 19.5 Å². The summed E-state index contributed by atoms with van der Waals surface area (Å²) in [6.45, 7) is 2.53. The van der Waals surface area contributed by atoms with E-state index in [1.54, 1.807) is 14.2 Å². The van der Waals surface area contributed by atoms with E-state index in [0.717, 1.165) is 17.7 Å². The summed E-state index contributed by atoms with van der Waals surface area (Å²) in [5.74, 6) is 1.73. The largest absolute Gasteiger partial charge is 0.493 e. The van der Waals surface area contributed by atoms with Gasteiger partial charge < -0.3 is 20.5 Å². The average Bonchev–Trinajstić information content (AvgIpc) is 2.59. The lowest BCUT2D eigenvalue weighted by atomic mass is 10.1. The molecule has 122 valence electrons. The van der Waals surface area contributed by atoms with Crippen molar-refractivity contribution in [2.45, 2.75) is 19.9 Å². The SMILES string of the molecule is CCc1cccc(NC(N)=NCc2cccc(OC)c2OC)c1. The third-order valence-electron chi connectivity index (χ3n) is 3.51. The molecule has 3 N–H and O–H groups in total. The Bertz CT molecular complexity index is 684. The van der Waals surface area contributed by atoms with Gasteiger partial charge in [-0.1, -0.05) is 31.2 Å². The van der Waals surface area contributed by atoms with Crippen molar-refractivity contribution in [2.24, 2.45) is 10.7 Å². The first kappa shape index (κ1) is 16.7. The Morgan fingerprint density at radius 2 is 1.91 bits per heavy atom. The molecular weight excluding hydrogens is 290 g/mol. The van der Waals surface area contributed by atoms with Crippen molar-refractivity contribution in [3.05, 3.63) is 53.6 Å². The third-order valence-corrected chi connectivity index (χ3v) is 3.51. The van der Waals surface area contributed by atoms with Crippen LogP contribution in [0.2, 0.25) is 0 Å². The van der Waals surface area contributed by atoms with E-state index >= 15 is 0 Å². The van der Waals surface area contributed by atoms with Gasteiger partial charge in [0.2, 0.25) is 0 Å². The molecule has 0 atom stereocenters. The number of hydrogen-bond donors (Lipinski definition) is 2. The van der Waals surface area contributed by atoms with Crippen LogP contribution in [0.3, 0.4) is 0 Å². The first-order valence-corrected chi connectivity index (χ1v) is 7.53. The molecule has 2 aromatic rings. The van der Waals surface area contributed by atoms with Gasteiger partial charge in [-0.2, -0.15) is 0 Å². The number of aryl methyl sites for hydroxylation is 1. The minimum Gasteiger partial charge on any atom is -0.493 e. The Hall–Kier alpha value is -2.69. The van der Waals surface area contributed by atoms with Gasteiger partial charge in [0.15, 0.2) is 17.5 Å². The van der Waals surface area contributed by atoms with Crippen molar-refractivity contribution < 1.29 is 9.47 Å².